The molecular weight excluding hydrogens is 268 g/mol. The number of rotatable bonds is 4. The molecule has 1 rings (SSSR count). The number of hydrogen-bond acceptors (Lipinski definition) is 4. The molecule has 0 amide bonds. The third-order valence-corrected chi connectivity index (χ3v) is 4.10. The average Bonchev–Trinajstić information content (AvgIpc) is 2.44. The van der Waals surface area contributed by atoms with Crippen molar-refractivity contribution >= 4 is 17.5 Å². The third-order valence-electron chi connectivity index (χ3n) is 4.10. The molecule has 0 aliphatic heterocycles. The van der Waals surface area contributed by atoms with E-state index in [0.29, 0.717) is 37.9 Å². The fourth-order valence-electron chi connectivity index (χ4n) is 2.71. The molecule has 0 N–H and O–H groups in total. The van der Waals surface area contributed by atoms with E-state index in [9.17, 15) is 14.4 Å². The van der Waals surface area contributed by atoms with Crippen molar-refractivity contribution in [3.63, 3.8) is 0 Å². The van der Waals surface area contributed by atoms with Crippen LogP contribution in [0.1, 0.15) is 58.8 Å². The molecule has 118 valence electrons. The first-order valence-electron chi connectivity index (χ1n) is 7.86. The Labute approximate surface area is 126 Å². The highest BCUT2D eigenvalue weighted by Gasteiger charge is 2.24. The van der Waals surface area contributed by atoms with E-state index in [4.69, 9.17) is 4.74 Å². The number of Topliss-reactive ketones (excluding diaryl/α,β-unsaturated/α-hetero) is 2. The van der Waals surface area contributed by atoms with Crippen LogP contribution in [0.15, 0.2) is 12.2 Å². The zero-order valence-electron chi connectivity index (χ0n) is 13.2. The zero-order chi connectivity index (χ0) is 15.8. The Hall–Kier alpha value is -1.45. The minimum Gasteiger partial charge on any atom is -0.463 e. The molecule has 1 aliphatic carbocycles. The molecule has 0 heterocycles. The Morgan fingerprint density at radius 2 is 1.86 bits per heavy atom. The van der Waals surface area contributed by atoms with Gasteiger partial charge in [0.15, 0.2) is 0 Å². The number of carbonyl (C=O) groups is 3. The molecule has 0 aromatic carbocycles. The lowest BCUT2D eigenvalue weighted by Crippen LogP contribution is -2.21. The van der Waals surface area contributed by atoms with E-state index in [1.165, 1.54) is 0 Å². The standard InChI is InChI=1S/C17H26O4/c1-4-21-17(20)13(3)11-14-8-5-7-12(2)15(18)9-6-10-16(14)19/h12,14H,3-11H2,1-2H3/t12-,14-/m1/s1. The SMILES string of the molecule is C=C(C[C@H]1CCC[C@@H](C)C(=O)CCCC1=O)C(=O)OCC. The molecule has 0 radical (unpaired) electrons. The second-order valence-electron chi connectivity index (χ2n) is 5.84. The summed E-state index contributed by atoms with van der Waals surface area (Å²) in [7, 11) is 0. The maximum absolute atomic E-state index is 12.2. The molecule has 2 atom stereocenters. The number of carbonyl (C=O) groups excluding carboxylic acids is 3. The van der Waals surface area contributed by atoms with Crippen LogP contribution in [-0.2, 0) is 19.1 Å². The molecule has 0 bridgehead atoms. The Morgan fingerprint density at radius 3 is 2.52 bits per heavy atom. The van der Waals surface area contributed by atoms with Crippen molar-refractivity contribution in [2.45, 2.75) is 58.8 Å². The second kappa shape index (κ2) is 8.75. The van der Waals surface area contributed by atoms with Gasteiger partial charge in [-0.15, -0.1) is 0 Å². The summed E-state index contributed by atoms with van der Waals surface area (Å²) in [5, 5.41) is 0. The molecule has 0 aromatic rings. The van der Waals surface area contributed by atoms with Gasteiger partial charge in [0.1, 0.15) is 11.6 Å². The molecule has 1 saturated carbocycles. The van der Waals surface area contributed by atoms with Gasteiger partial charge in [-0.25, -0.2) is 4.79 Å². The lowest BCUT2D eigenvalue weighted by Gasteiger charge is -2.19. The fraction of sp³-hybridized carbons (Fsp3) is 0.706. The third kappa shape index (κ3) is 5.82. The monoisotopic (exact) mass is 294 g/mol. The van der Waals surface area contributed by atoms with E-state index < -0.39 is 5.97 Å². The summed E-state index contributed by atoms with van der Waals surface area (Å²) in [6, 6.07) is 0. The van der Waals surface area contributed by atoms with Crippen molar-refractivity contribution in [3.05, 3.63) is 12.2 Å². The summed E-state index contributed by atoms with van der Waals surface area (Å²) in [6.45, 7) is 7.76. The highest BCUT2D eigenvalue weighted by Crippen LogP contribution is 2.25. The zero-order valence-corrected chi connectivity index (χ0v) is 13.2. The van der Waals surface area contributed by atoms with Crippen LogP contribution < -0.4 is 0 Å². The molecule has 0 unspecified atom stereocenters. The Bertz CT molecular complexity index is 411. The van der Waals surface area contributed by atoms with Crippen LogP contribution in [-0.4, -0.2) is 24.1 Å². The predicted molar refractivity (Wildman–Crippen MR) is 80.8 cm³/mol. The van der Waals surface area contributed by atoms with Crippen molar-refractivity contribution in [3.8, 4) is 0 Å². The predicted octanol–water partition coefficient (Wildman–Crippen LogP) is 3.24. The summed E-state index contributed by atoms with van der Waals surface area (Å²) in [5.41, 5.74) is 0.372. The first-order valence-corrected chi connectivity index (χ1v) is 7.86. The van der Waals surface area contributed by atoms with Crippen molar-refractivity contribution in [2.24, 2.45) is 11.8 Å². The van der Waals surface area contributed by atoms with E-state index in [2.05, 4.69) is 6.58 Å². The normalized spacial score (nSPS) is 24.5. The van der Waals surface area contributed by atoms with E-state index in [0.717, 1.165) is 19.3 Å². The van der Waals surface area contributed by atoms with Crippen molar-refractivity contribution in [2.75, 3.05) is 6.61 Å². The van der Waals surface area contributed by atoms with E-state index in [-0.39, 0.29) is 23.4 Å². The first kappa shape index (κ1) is 17.6. The van der Waals surface area contributed by atoms with Gasteiger partial charge in [-0.3, -0.25) is 9.59 Å². The van der Waals surface area contributed by atoms with Crippen LogP contribution in [0.5, 0.6) is 0 Å². The molecule has 1 aliphatic rings. The van der Waals surface area contributed by atoms with Crippen molar-refractivity contribution in [1.82, 2.24) is 0 Å². The number of ketones is 2. The topological polar surface area (TPSA) is 60.4 Å². The smallest absolute Gasteiger partial charge is 0.333 e. The minimum absolute atomic E-state index is 0.0760. The van der Waals surface area contributed by atoms with Gasteiger partial charge >= 0.3 is 5.97 Å². The van der Waals surface area contributed by atoms with Crippen molar-refractivity contribution < 1.29 is 19.1 Å². The maximum Gasteiger partial charge on any atom is 0.333 e. The van der Waals surface area contributed by atoms with Gasteiger partial charge < -0.3 is 4.74 Å². The van der Waals surface area contributed by atoms with Gasteiger partial charge in [0.05, 0.1) is 6.61 Å². The highest BCUT2D eigenvalue weighted by atomic mass is 16.5. The maximum atomic E-state index is 12.2. The van der Waals surface area contributed by atoms with E-state index >= 15 is 0 Å². The molecule has 4 heteroatoms. The van der Waals surface area contributed by atoms with Crippen LogP contribution in [0.25, 0.3) is 0 Å². The number of ether oxygens (including phenoxy) is 1. The summed E-state index contributed by atoms with van der Waals surface area (Å²) in [5.74, 6) is -0.0969. The average molecular weight is 294 g/mol. The molecule has 21 heavy (non-hydrogen) atoms. The van der Waals surface area contributed by atoms with Gasteiger partial charge in [0.2, 0.25) is 0 Å². The van der Waals surface area contributed by atoms with Gasteiger partial charge in [-0.1, -0.05) is 19.9 Å². The summed E-state index contributed by atoms with van der Waals surface area (Å²) >= 11 is 0. The lowest BCUT2D eigenvalue weighted by molar-refractivity contribution is -0.138. The van der Waals surface area contributed by atoms with Crippen molar-refractivity contribution in [1.29, 1.82) is 0 Å². The molecule has 0 saturated heterocycles. The first-order chi connectivity index (χ1) is 9.95. The van der Waals surface area contributed by atoms with Crippen LogP contribution in [0.4, 0.5) is 0 Å². The summed E-state index contributed by atoms with van der Waals surface area (Å²) < 4.78 is 4.92. The quantitative estimate of drug-likeness (QED) is 0.590. The van der Waals surface area contributed by atoms with Crippen LogP contribution in [0.3, 0.4) is 0 Å². The van der Waals surface area contributed by atoms with Gasteiger partial charge in [-0.05, 0) is 32.6 Å². The Kier molecular flexibility index (Phi) is 7.34. The van der Waals surface area contributed by atoms with Gasteiger partial charge in [0, 0.05) is 30.3 Å². The molecule has 4 nitrogen and oxygen atoms in total. The van der Waals surface area contributed by atoms with E-state index in [1.54, 1.807) is 6.92 Å². The van der Waals surface area contributed by atoms with Gasteiger partial charge in [-0.2, -0.15) is 0 Å². The molecule has 0 spiro atoms. The molecular formula is C17H26O4. The van der Waals surface area contributed by atoms with E-state index in [1.807, 2.05) is 6.92 Å². The largest absolute Gasteiger partial charge is 0.463 e. The highest BCUT2D eigenvalue weighted by molar-refractivity contribution is 5.90. The lowest BCUT2D eigenvalue weighted by atomic mass is 9.84. The van der Waals surface area contributed by atoms with Crippen LogP contribution in [0.2, 0.25) is 0 Å². The minimum atomic E-state index is -0.411. The molecule has 0 aromatic heterocycles. The Balaban J connectivity index is 2.62. The second-order valence-corrected chi connectivity index (χ2v) is 5.84. The fourth-order valence-corrected chi connectivity index (χ4v) is 2.71. The van der Waals surface area contributed by atoms with Crippen LogP contribution in [0, 0.1) is 11.8 Å². The van der Waals surface area contributed by atoms with Crippen LogP contribution >= 0.6 is 0 Å². The number of esters is 1. The number of hydrogen-bond donors (Lipinski definition) is 0. The molecule has 1 fully saturated rings. The Morgan fingerprint density at radius 1 is 1.19 bits per heavy atom. The van der Waals surface area contributed by atoms with Gasteiger partial charge in [0.25, 0.3) is 0 Å². The summed E-state index contributed by atoms with van der Waals surface area (Å²) in [6.07, 6.45) is 4.25. The summed E-state index contributed by atoms with van der Waals surface area (Å²) in [4.78, 5) is 35.6.